The van der Waals surface area contributed by atoms with Gasteiger partial charge in [0.2, 0.25) is 5.91 Å². The molecule has 1 fully saturated rings. The molecule has 1 aromatic carbocycles. The first-order chi connectivity index (χ1) is 11.3. The Balaban J connectivity index is 1.75. The normalized spacial score (nSPS) is 19.2. The van der Waals surface area contributed by atoms with E-state index in [0.717, 1.165) is 50.3 Å². The zero-order chi connectivity index (χ0) is 17.6. The summed E-state index contributed by atoms with van der Waals surface area (Å²) in [5.41, 5.74) is 1.10. The van der Waals surface area contributed by atoms with Gasteiger partial charge in [-0.25, -0.2) is 4.39 Å². The van der Waals surface area contributed by atoms with Crippen molar-refractivity contribution in [2.45, 2.75) is 44.9 Å². The Bertz CT molecular complexity index is 527. The maximum Gasteiger partial charge on any atom is 0.224 e. The maximum atomic E-state index is 13.0. The van der Waals surface area contributed by atoms with Crippen LogP contribution in [0, 0.1) is 11.7 Å². The molecule has 2 rings (SSSR count). The summed E-state index contributed by atoms with van der Waals surface area (Å²) < 4.78 is 13.2. The largest absolute Gasteiger partial charge is 0.355 e. The van der Waals surface area contributed by atoms with E-state index in [4.69, 9.17) is 0 Å². The molecule has 1 aliphatic rings. The fourth-order valence-corrected chi connectivity index (χ4v) is 3.75. The smallest absolute Gasteiger partial charge is 0.224 e. The number of rotatable bonds is 6. The minimum atomic E-state index is -0.206. The Morgan fingerprint density at radius 2 is 2.04 bits per heavy atom. The molecule has 0 saturated carbocycles. The molecule has 5 heteroatoms. The molecule has 1 aromatic rings. The highest BCUT2D eigenvalue weighted by Crippen LogP contribution is 2.22. The van der Waals surface area contributed by atoms with Crippen molar-refractivity contribution >= 4 is 17.7 Å². The van der Waals surface area contributed by atoms with Crippen LogP contribution in [0.5, 0.6) is 0 Å². The average molecular weight is 353 g/mol. The zero-order valence-corrected chi connectivity index (χ0v) is 15.8. The van der Waals surface area contributed by atoms with Gasteiger partial charge in [-0.2, -0.15) is 11.8 Å². The SMILES string of the molecule is CC(C)(C)SCCNC(=O)[C@@H]1CCCN(Cc2ccc(F)cc2)C1. The van der Waals surface area contributed by atoms with Gasteiger partial charge in [-0.1, -0.05) is 32.9 Å². The number of likely N-dealkylation sites (tertiary alicyclic amines) is 1. The van der Waals surface area contributed by atoms with Gasteiger partial charge in [-0.15, -0.1) is 0 Å². The van der Waals surface area contributed by atoms with Crippen LogP contribution < -0.4 is 5.32 Å². The van der Waals surface area contributed by atoms with Crippen LogP contribution in [0.25, 0.3) is 0 Å². The second-order valence-electron chi connectivity index (χ2n) is 7.45. The van der Waals surface area contributed by atoms with Gasteiger partial charge in [0.15, 0.2) is 0 Å². The van der Waals surface area contributed by atoms with E-state index in [9.17, 15) is 9.18 Å². The summed E-state index contributed by atoms with van der Waals surface area (Å²) in [4.78, 5) is 14.7. The number of halogens is 1. The number of piperidine rings is 1. The van der Waals surface area contributed by atoms with Crippen molar-refractivity contribution in [3.05, 3.63) is 35.6 Å². The molecule has 24 heavy (non-hydrogen) atoms. The molecular weight excluding hydrogens is 323 g/mol. The summed E-state index contributed by atoms with van der Waals surface area (Å²) in [6.07, 6.45) is 1.99. The molecule has 1 heterocycles. The Labute approximate surface area is 149 Å². The number of thioether (sulfide) groups is 1. The van der Waals surface area contributed by atoms with Crippen molar-refractivity contribution in [1.29, 1.82) is 0 Å². The quantitative estimate of drug-likeness (QED) is 0.793. The predicted molar refractivity (Wildman–Crippen MR) is 99.6 cm³/mol. The van der Waals surface area contributed by atoms with E-state index in [-0.39, 0.29) is 22.4 Å². The van der Waals surface area contributed by atoms with E-state index in [2.05, 4.69) is 31.0 Å². The van der Waals surface area contributed by atoms with Crippen LogP contribution in [0.2, 0.25) is 0 Å². The number of benzene rings is 1. The first-order valence-electron chi connectivity index (χ1n) is 8.72. The predicted octanol–water partition coefficient (Wildman–Crippen LogP) is 3.69. The first-order valence-corrected chi connectivity index (χ1v) is 9.70. The van der Waals surface area contributed by atoms with Crippen molar-refractivity contribution in [3.8, 4) is 0 Å². The van der Waals surface area contributed by atoms with E-state index < -0.39 is 0 Å². The number of hydrogen-bond acceptors (Lipinski definition) is 3. The topological polar surface area (TPSA) is 32.3 Å². The summed E-state index contributed by atoms with van der Waals surface area (Å²) in [6, 6.07) is 6.64. The van der Waals surface area contributed by atoms with E-state index in [0.29, 0.717) is 0 Å². The lowest BCUT2D eigenvalue weighted by Gasteiger charge is -2.32. The van der Waals surface area contributed by atoms with Gasteiger partial charge in [0, 0.05) is 30.1 Å². The summed E-state index contributed by atoms with van der Waals surface area (Å²) in [6.45, 7) is 9.87. The van der Waals surface area contributed by atoms with Crippen LogP contribution in [0.15, 0.2) is 24.3 Å². The highest BCUT2D eigenvalue weighted by molar-refractivity contribution is 8.00. The summed E-state index contributed by atoms with van der Waals surface area (Å²) in [5.74, 6) is 0.983. The number of nitrogens with one attached hydrogen (secondary N) is 1. The lowest BCUT2D eigenvalue weighted by molar-refractivity contribution is -0.126. The maximum absolute atomic E-state index is 13.0. The van der Waals surface area contributed by atoms with Gasteiger partial charge in [0.05, 0.1) is 5.92 Å². The first kappa shape index (κ1) is 19.3. The van der Waals surface area contributed by atoms with Gasteiger partial charge >= 0.3 is 0 Å². The third-order valence-electron chi connectivity index (χ3n) is 4.13. The Hall–Kier alpha value is -1.07. The van der Waals surface area contributed by atoms with E-state index in [1.807, 2.05) is 23.9 Å². The fraction of sp³-hybridized carbons (Fsp3) is 0.632. The number of amides is 1. The van der Waals surface area contributed by atoms with Crippen LogP contribution in [-0.2, 0) is 11.3 Å². The molecule has 1 N–H and O–H groups in total. The molecular formula is C19H29FN2OS. The van der Waals surface area contributed by atoms with Crippen molar-refractivity contribution in [1.82, 2.24) is 10.2 Å². The standard InChI is InChI=1S/C19H29FN2OS/c1-19(2,3)24-12-10-21-18(23)16-5-4-11-22(14-16)13-15-6-8-17(20)9-7-15/h6-9,16H,4-5,10-14H2,1-3H3,(H,21,23)/t16-/m1/s1. The summed E-state index contributed by atoms with van der Waals surface area (Å²) >= 11 is 1.87. The van der Waals surface area contributed by atoms with Crippen LogP contribution >= 0.6 is 11.8 Å². The van der Waals surface area contributed by atoms with E-state index in [1.54, 1.807) is 0 Å². The molecule has 0 spiro atoms. The van der Waals surface area contributed by atoms with Crippen molar-refractivity contribution in [3.63, 3.8) is 0 Å². The van der Waals surface area contributed by atoms with Crippen LogP contribution in [0.3, 0.4) is 0 Å². The number of nitrogens with zero attached hydrogens (tertiary/aromatic N) is 1. The third kappa shape index (κ3) is 6.81. The molecule has 1 amide bonds. The molecule has 1 aliphatic heterocycles. The minimum Gasteiger partial charge on any atom is -0.355 e. The van der Waals surface area contributed by atoms with Gasteiger partial charge in [-0.3, -0.25) is 9.69 Å². The lowest BCUT2D eigenvalue weighted by Crippen LogP contribution is -2.43. The van der Waals surface area contributed by atoms with Crippen LogP contribution in [0.1, 0.15) is 39.2 Å². The number of carbonyl (C=O) groups excluding carboxylic acids is 1. The molecule has 0 aromatic heterocycles. The molecule has 1 saturated heterocycles. The second-order valence-corrected chi connectivity index (χ2v) is 9.37. The Morgan fingerprint density at radius 3 is 2.71 bits per heavy atom. The highest BCUT2D eigenvalue weighted by atomic mass is 32.2. The zero-order valence-electron chi connectivity index (χ0n) is 15.0. The van der Waals surface area contributed by atoms with E-state index in [1.165, 1.54) is 12.1 Å². The van der Waals surface area contributed by atoms with Gasteiger partial charge in [0.25, 0.3) is 0 Å². The molecule has 0 radical (unpaired) electrons. The minimum absolute atomic E-state index is 0.0684. The fourth-order valence-electron chi connectivity index (χ4n) is 2.94. The number of carbonyl (C=O) groups is 1. The number of hydrogen-bond donors (Lipinski definition) is 1. The van der Waals surface area contributed by atoms with Gasteiger partial charge in [-0.05, 0) is 37.1 Å². The molecule has 0 unspecified atom stereocenters. The van der Waals surface area contributed by atoms with Crippen LogP contribution in [-0.4, -0.2) is 40.9 Å². The van der Waals surface area contributed by atoms with Gasteiger partial charge < -0.3 is 5.32 Å². The van der Waals surface area contributed by atoms with Gasteiger partial charge in [0.1, 0.15) is 5.82 Å². The monoisotopic (exact) mass is 352 g/mol. The lowest BCUT2D eigenvalue weighted by atomic mass is 9.96. The second kappa shape index (κ2) is 8.86. The Morgan fingerprint density at radius 1 is 1.33 bits per heavy atom. The molecule has 1 atom stereocenters. The van der Waals surface area contributed by atoms with Crippen molar-refractivity contribution in [2.24, 2.45) is 5.92 Å². The molecule has 134 valence electrons. The molecule has 3 nitrogen and oxygen atoms in total. The van der Waals surface area contributed by atoms with Crippen molar-refractivity contribution in [2.75, 3.05) is 25.4 Å². The molecule has 0 aliphatic carbocycles. The van der Waals surface area contributed by atoms with E-state index >= 15 is 0 Å². The van der Waals surface area contributed by atoms with Crippen LogP contribution in [0.4, 0.5) is 4.39 Å². The van der Waals surface area contributed by atoms with Crippen molar-refractivity contribution < 1.29 is 9.18 Å². The Kier molecular flexibility index (Phi) is 7.11. The molecule has 0 bridgehead atoms. The summed E-state index contributed by atoms with van der Waals surface area (Å²) in [5, 5.41) is 3.08. The summed E-state index contributed by atoms with van der Waals surface area (Å²) in [7, 11) is 0. The highest BCUT2D eigenvalue weighted by Gasteiger charge is 2.25. The average Bonchev–Trinajstić information content (AvgIpc) is 2.53. The third-order valence-corrected chi connectivity index (χ3v) is 5.41.